The Morgan fingerprint density at radius 3 is 2.74 bits per heavy atom. The molecule has 0 bridgehead atoms. The Kier molecular flexibility index (Phi) is 3.70. The monoisotopic (exact) mass is 361 g/mol. The number of aromatic amines is 2. The number of amidine groups is 2. The number of nitrogens with two attached hydrogens (primary N) is 1. The molecule has 11 heteroatoms. The van der Waals surface area contributed by atoms with Crippen LogP contribution in [0, 0.1) is 17.2 Å². The molecule has 0 saturated carbocycles. The van der Waals surface area contributed by atoms with Crippen LogP contribution < -0.4 is 27.4 Å². The highest BCUT2D eigenvalue weighted by Gasteiger charge is 2.36. The number of nitrogens with zero attached hydrogens (tertiary/aromatic N) is 5. The van der Waals surface area contributed by atoms with Crippen molar-refractivity contribution in [1.29, 1.82) is 5.26 Å². The predicted octanol–water partition coefficient (Wildman–Crippen LogP) is -2.17. The molecule has 11 nitrogen and oxygen atoms in total. The second kappa shape index (κ2) is 6.19. The highest BCUT2D eigenvalue weighted by molar-refractivity contribution is 6.44. The minimum atomic E-state index is -0.994. The van der Waals surface area contributed by atoms with Crippen molar-refractivity contribution >= 4 is 28.9 Å². The number of fused-ring (bicyclic) bond motifs is 2. The number of hydrogen-bond acceptors (Lipinski definition) is 7. The van der Waals surface area contributed by atoms with Crippen LogP contribution in [0.5, 0.6) is 0 Å². The van der Waals surface area contributed by atoms with Gasteiger partial charge in [-0.2, -0.15) is 10.4 Å². The first-order valence-electron chi connectivity index (χ1n) is 7.74. The number of hydrazone groups is 1. The van der Waals surface area contributed by atoms with E-state index in [-0.39, 0.29) is 11.4 Å². The summed E-state index contributed by atoms with van der Waals surface area (Å²) < 4.78 is 0. The minimum Gasteiger partial charge on any atom is -0.364 e. The van der Waals surface area contributed by atoms with Crippen LogP contribution in [0.4, 0.5) is 0 Å². The lowest BCUT2D eigenvalue weighted by Gasteiger charge is -2.16. The zero-order valence-electron chi connectivity index (χ0n) is 13.6. The van der Waals surface area contributed by atoms with E-state index in [1.807, 2.05) is 30.3 Å². The number of aromatic nitrogens is 2. The fourth-order valence-corrected chi connectivity index (χ4v) is 2.90. The molecule has 1 unspecified atom stereocenters. The molecule has 2 aliphatic rings. The van der Waals surface area contributed by atoms with E-state index >= 15 is 0 Å². The van der Waals surface area contributed by atoms with Gasteiger partial charge >= 0.3 is 0 Å². The lowest BCUT2D eigenvalue weighted by Crippen LogP contribution is -2.44. The highest BCUT2D eigenvalue weighted by atomic mass is 16.1. The van der Waals surface area contributed by atoms with Gasteiger partial charge in [0.25, 0.3) is 11.5 Å². The molecule has 132 valence electrons. The van der Waals surface area contributed by atoms with Crippen molar-refractivity contribution in [3.05, 3.63) is 57.0 Å². The summed E-state index contributed by atoms with van der Waals surface area (Å²) in [6.45, 7) is 0. The molecule has 5 N–H and O–H groups in total. The summed E-state index contributed by atoms with van der Waals surface area (Å²) in [5, 5.41) is 26.1. The van der Waals surface area contributed by atoms with Gasteiger partial charge in [-0.3, -0.25) is 25.2 Å². The maximum atomic E-state index is 12.3. The Hall–Kier alpha value is -4.33. The minimum absolute atomic E-state index is 0.216. The van der Waals surface area contributed by atoms with E-state index < -0.39 is 17.5 Å². The number of nitrogens with one attached hydrogen (secondary N) is 3. The lowest BCUT2D eigenvalue weighted by molar-refractivity contribution is -0.111. The molecule has 0 aliphatic carbocycles. The third-order valence-electron chi connectivity index (χ3n) is 4.04. The average molecular weight is 361 g/mol. The molecular formula is C16H11N9O2. The van der Waals surface area contributed by atoms with E-state index in [4.69, 9.17) is 11.0 Å². The predicted molar refractivity (Wildman–Crippen MR) is 94.9 cm³/mol. The molecule has 4 rings (SSSR count). The van der Waals surface area contributed by atoms with Gasteiger partial charge in [0.2, 0.25) is 5.71 Å². The Morgan fingerprint density at radius 1 is 1.26 bits per heavy atom. The first-order chi connectivity index (χ1) is 13.1. The molecule has 0 saturated heterocycles. The number of H-pyrrole nitrogens is 2. The summed E-state index contributed by atoms with van der Waals surface area (Å²) >= 11 is 0. The Morgan fingerprint density at radius 2 is 2.04 bits per heavy atom. The van der Waals surface area contributed by atoms with Crippen molar-refractivity contribution in [1.82, 2.24) is 15.6 Å². The summed E-state index contributed by atoms with van der Waals surface area (Å²) in [6.07, 6.45) is 0. The third-order valence-corrected chi connectivity index (χ3v) is 4.04. The molecule has 2 aliphatic heterocycles. The molecule has 0 spiro atoms. The smallest absolute Gasteiger partial charge is 0.280 e. The fourth-order valence-electron chi connectivity index (χ4n) is 2.90. The molecule has 1 aromatic heterocycles. The molecule has 3 heterocycles. The molecule has 2 aromatic rings. The summed E-state index contributed by atoms with van der Waals surface area (Å²) in [5.41, 5.74) is 8.62. The van der Waals surface area contributed by atoms with E-state index in [1.54, 1.807) is 6.07 Å². The summed E-state index contributed by atoms with van der Waals surface area (Å²) in [6, 6.07) is 10.8. The molecular weight excluding hydrogens is 350 g/mol. The Bertz CT molecular complexity index is 1260. The normalized spacial score (nSPS) is 19.4. The quantitative estimate of drug-likeness (QED) is 0.359. The lowest BCUT2D eigenvalue weighted by atomic mass is 9.88. The Labute approximate surface area is 150 Å². The zero-order chi connectivity index (χ0) is 19.0. The van der Waals surface area contributed by atoms with E-state index in [2.05, 4.69) is 35.9 Å². The van der Waals surface area contributed by atoms with Crippen molar-refractivity contribution in [2.75, 3.05) is 0 Å². The number of carbonyl (C=O) groups is 1. The van der Waals surface area contributed by atoms with Gasteiger partial charge in [-0.1, -0.05) is 30.3 Å². The second-order valence-corrected chi connectivity index (χ2v) is 5.62. The first kappa shape index (κ1) is 16.2. The van der Waals surface area contributed by atoms with E-state index in [9.17, 15) is 9.59 Å². The second-order valence-electron chi connectivity index (χ2n) is 5.62. The number of benzene rings is 1. The van der Waals surface area contributed by atoms with Crippen LogP contribution in [0.15, 0.2) is 55.4 Å². The van der Waals surface area contributed by atoms with E-state index in [1.165, 1.54) is 0 Å². The standard InChI is InChI=1S/C16H11N9O2/c17-6-8(12(18)26)20-23-15-10-9(7-4-2-1-3-5-7)11-14(22-25-16(11)27)19-13(10)21-24-15/h1-5,10H,(H2,18,26)(H,23,24)(H,25,27)(H,19,21,22)/b20-8+. The van der Waals surface area contributed by atoms with Gasteiger partial charge in [0.15, 0.2) is 17.2 Å². The van der Waals surface area contributed by atoms with Crippen LogP contribution in [0.25, 0.3) is 5.57 Å². The van der Waals surface area contributed by atoms with Gasteiger partial charge in [0.1, 0.15) is 12.0 Å². The van der Waals surface area contributed by atoms with E-state index in [0.717, 1.165) is 5.56 Å². The average Bonchev–Trinajstić information content (AvgIpc) is 3.25. The molecule has 27 heavy (non-hydrogen) atoms. The van der Waals surface area contributed by atoms with Crippen LogP contribution in [0.1, 0.15) is 5.56 Å². The van der Waals surface area contributed by atoms with Gasteiger partial charge in [0, 0.05) is 0 Å². The van der Waals surface area contributed by atoms with Gasteiger partial charge in [-0.25, -0.2) is 4.99 Å². The SMILES string of the molecule is N#C/C(=N\N=C1/NN=C2N=c3[nH][nH]c(=O)c3=C(c3ccccc3)C21)C(N)=O. The molecule has 0 radical (unpaired) electrons. The van der Waals surface area contributed by atoms with Gasteiger partial charge in [-0.05, 0) is 11.1 Å². The number of rotatable bonds is 3. The third kappa shape index (κ3) is 2.61. The van der Waals surface area contributed by atoms with Crippen molar-refractivity contribution in [3.8, 4) is 6.07 Å². The molecule has 1 atom stereocenters. The number of amides is 1. The van der Waals surface area contributed by atoms with Crippen LogP contribution in [0.3, 0.4) is 0 Å². The highest BCUT2D eigenvalue weighted by Crippen LogP contribution is 2.26. The summed E-state index contributed by atoms with van der Waals surface area (Å²) in [5.74, 6) is -1.03. The summed E-state index contributed by atoms with van der Waals surface area (Å²) in [4.78, 5) is 27.8. The maximum Gasteiger partial charge on any atom is 0.280 e. The fraction of sp³-hybridized carbons (Fsp3) is 0.0625. The van der Waals surface area contributed by atoms with Crippen molar-refractivity contribution < 1.29 is 4.79 Å². The maximum absolute atomic E-state index is 12.3. The van der Waals surface area contributed by atoms with Crippen molar-refractivity contribution in [2.45, 2.75) is 0 Å². The van der Waals surface area contributed by atoms with Crippen LogP contribution in [-0.4, -0.2) is 33.5 Å². The topological polar surface area (TPSA) is 177 Å². The van der Waals surface area contributed by atoms with Crippen LogP contribution >= 0.6 is 0 Å². The van der Waals surface area contributed by atoms with Gasteiger partial charge in [-0.15, -0.1) is 10.2 Å². The van der Waals surface area contributed by atoms with Crippen molar-refractivity contribution in [3.63, 3.8) is 0 Å². The van der Waals surface area contributed by atoms with Crippen LogP contribution in [-0.2, 0) is 4.79 Å². The number of hydrogen-bond donors (Lipinski definition) is 4. The number of primary amides is 1. The van der Waals surface area contributed by atoms with Gasteiger partial charge in [0.05, 0.1) is 5.22 Å². The molecule has 1 aromatic carbocycles. The summed E-state index contributed by atoms with van der Waals surface area (Å²) in [7, 11) is 0. The van der Waals surface area contributed by atoms with Crippen molar-refractivity contribution in [2.24, 2.45) is 31.9 Å². The zero-order valence-corrected chi connectivity index (χ0v) is 13.6. The van der Waals surface area contributed by atoms with Crippen LogP contribution in [0.2, 0.25) is 0 Å². The molecule has 1 amide bonds. The number of carbonyl (C=O) groups excluding carboxylic acids is 1. The Balaban J connectivity index is 1.95. The van der Waals surface area contributed by atoms with Gasteiger partial charge < -0.3 is 5.73 Å². The first-order valence-corrected chi connectivity index (χ1v) is 7.74. The van der Waals surface area contributed by atoms with E-state index in [0.29, 0.717) is 22.1 Å². The molecule has 0 fully saturated rings. The number of nitriles is 1. The largest absolute Gasteiger partial charge is 0.364 e.